The van der Waals surface area contributed by atoms with E-state index >= 15 is 0 Å². The van der Waals surface area contributed by atoms with Crippen LogP contribution in [0.1, 0.15) is 33.1 Å². The van der Waals surface area contributed by atoms with Crippen LogP contribution in [0.25, 0.3) is 0 Å². The molecule has 1 amide bonds. The van der Waals surface area contributed by atoms with E-state index in [0.29, 0.717) is 25.2 Å². The van der Waals surface area contributed by atoms with Gasteiger partial charge in [0.25, 0.3) is 0 Å². The first-order chi connectivity index (χ1) is 7.59. The third-order valence-corrected chi connectivity index (χ3v) is 2.14. The van der Waals surface area contributed by atoms with Crippen molar-refractivity contribution < 1.29 is 9.59 Å². The highest BCUT2D eigenvalue weighted by Crippen LogP contribution is 2.05. The number of amides is 1. The number of nitrogens with zero attached hydrogens (tertiary/aromatic N) is 2. The number of rotatable bonds is 6. The van der Waals surface area contributed by atoms with Crippen LogP contribution in [0.4, 0.5) is 5.95 Å². The summed E-state index contributed by atoms with van der Waals surface area (Å²) >= 11 is 0. The summed E-state index contributed by atoms with van der Waals surface area (Å²) in [5.41, 5.74) is 0. The zero-order valence-electron chi connectivity index (χ0n) is 9.49. The molecule has 0 saturated carbocycles. The van der Waals surface area contributed by atoms with Crippen LogP contribution in [0.2, 0.25) is 0 Å². The fraction of sp³-hybridized carbons (Fsp3) is 0.600. The van der Waals surface area contributed by atoms with E-state index in [0.717, 1.165) is 0 Å². The molecule has 0 spiro atoms. The predicted octanol–water partition coefficient (Wildman–Crippen LogP) is 1.14. The van der Waals surface area contributed by atoms with Gasteiger partial charge in [0.1, 0.15) is 12.1 Å². The average Bonchev–Trinajstić information content (AvgIpc) is 2.70. The Morgan fingerprint density at radius 3 is 2.75 bits per heavy atom. The summed E-state index contributed by atoms with van der Waals surface area (Å²) in [7, 11) is 0. The second-order valence-electron chi connectivity index (χ2n) is 3.86. The lowest BCUT2D eigenvalue weighted by molar-refractivity contribution is -0.122. The number of hydrogen-bond acceptors (Lipinski definition) is 4. The van der Waals surface area contributed by atoms with Crippen molar-refractivity contribution in [3.05, 3.63) is 6.33 Å². The van der Waals surface area contributed by atoms with E-state index in [4.69, 9.17) is 0 Å². The number of carbonyl (C=O) groups is 2. The van der Waals surface area contributed by atoms with E-state index in [2.05, 4.69) is 20.5 Å². The zero-order chi connectivity index (χ0) is 12.0. The Kier molecular flexibility index (Phi) is 4.63. The number of carbonyl (C=O) groups excluding carboxylic acids is 2. The molecule has 0 aliphatic rings. The number of ketones is 1. The van der Waals surface area contributed by atoms with E-state index in [1.165, 1.54) is 6.33 Å². The Morgan fingerprint density at radius 2 is 2.19 bits per heavy atom. The Bertz CT molecular complexity index is 346. The molecule has 0 fully saturated rings. The molecule has 0 unspecified atom stereocenters. The molecule has 0 aliphatic heterocycles. The van der Waals surface area contributed by atoms with Gasteiger partial charge in [-0.25, -0.2) is 5.10 Å². The Balaban J connectivity index is 2.18. The van der Waals surface area contributed by atoms with Crippen LogP contribution in [0, 0.1) is 5.92 Å². The molecule has 0 aromatic carbocycles. The number of nitrogens with one attached hydrogen (secondary N) is 2. The largest absolute Gasteiger partial charge is 0.299 e. The topological polar surface area (TPSA) is 87.7 Å². The second kappa shape index (κ2) is 5.99. The van der Waals surface area contributed by atoms with Gasteiger partial charge in [0.2, 0.25) is 11.9 Å². The summed E-state index contributed by atoms with van der Waals surface area (Å²) in [6.45, 7) is 3.72. The SMILES string of the molecule is CC(C)C(=O)CCCC(=O)Nc1ncn[nH]1. The van der Waals surface area contributed by atoms with Crippen molar-refractivity contribution in [2.24, 2.45) is 5.92 Å². The Morgan fingerprint density at radius 1 is 1.44 bits per heavy atom. The fourth-order valence-corrected chi connectivity index (χ4v) is 1.17. The lowest BCUT2D eigenvalue weighted by Crippen LogP contribution is -2.14. The van der Waals surface area contributed by atoms with E-state index in [-0.39, 0.29) is 17.6 Å². The predicted molar refractivity (Wildman–Crippen MR) is 58.7 cm³/mol. The molecule has 0 radical (unpaired) electrons. The van der Waals surface area contributed by atoms with Gasteiger partial charge in [-0.3, -0.25) is 14.9 Å². The van der Waals surface area contributed by atoms with Gasteiger partial charge in [-0.05, 0) is 6.42 Å². The molecule has 1 rings (SSSR count). The molecule has 6 heteroatoms. The quantitative estimate of drug-likeness (QED) is 0.758. The summed E-state index contributed by atoms with van der Waals surface area (Å²) in [4.78, 5) is 26.4. The maximum atomic E-state index is 11.4. The minimum Gasteiger partial charge on any atom is -0.299 e. The lowest BCUT2D eigenvalue weighted by Gasteiger charge is -2.03. The van der Waals surface area contributed by atoms with Gasteiger partial charge in [0, 0.05) is 18.8 Å². The highest BCUT2D eigenvalue weighted by Gasteiger charge is 2.09. The molecule has 88 valence electrons. The lowest BCUT2D eigenvalue weighted by atomic mass is 10.0. The summed E-state index contributed by atoms with van der Waals surface area (Å²) in [6, 6.07) is 0. The third-order valence-electron chi connectivity index (χ3n) is 2.14. The number of H-pyrrole nitrogens is 1. The summed E-state index contributed by atoms with van der Waals surface area (Å²) in [5.74, 6) is 0.401. The molecule has 0 saturated heterocycles. The second-order valence-corrected chi connectivity index (χ2v) is 3.86. The first-order valence-electron chi connectivity index (χ1n) is 5.27. The van der Waals surface area contributed by atoms with E-state index in [9.17, 15) is 9.59 Å². The van der Waals surface area contributed by atoms with Gasteiger partial charge in [0.05, 0.1) is 0 Å². The summed E-state index contributed by atoms with van der Waals surface area (Å²) in [6.07, 6.45) is 2.65. The molecule has 2 N–H and O–H groups in total. The van der Waals surface area contributed by atoms with Crippen LogP contribution in [0.15, 0.2) is 6.33 Å². The standard InChI is InChI=1S/C10H16N4O2/c1-7(2)8(15)4-3-5-9(16)13-10-11-6-12-14-10/h6-7H,3-5H2,1-2H3,(H2,11,12,13,14,16). The van der Waals surface area contributed by atoms with Gasteiger partial charge >= 0.3 is 0 Å². The van der Waals surface area contributed by atoms with Gasteiger partial charge in [0.15, 0.2) is 0 Å². The summed E-state index contributed by atoms with van der Waals surface area (Å²) < 4.78 is 0. The van der Waals surface area contributed by atoms with Gasteiger partial charge in [-0.15, -0.1) is 0 Å². The van der Waals surface area contributed by atoms with Crippen molar-refractivity contribution in [2.45, 2.75) is 33.1 Å². The zero-order valence-corrected chi connectivity index (χ0v) is 9.49. The van der Waals surface area contributed by atoms with Crippen molar-refractivity contribution in [1.82, 2.24) is 15.2 Å². The third kappa shape index (κ3) is 4.20. The van der Waals surface area contributed by atoms with Crippen LogP contribution in [-0.2, 0) is 9.59 Å². The number of Topliss-reactive ketones (excluding diaryl/α,β-unsaturated/α-hetero) is 1. The van der Waals surface area contributed by atoms with E-state index < -0.39 is 0 Å². The van der Waals surface area contributed by atoms with Crippen molar-refractivity contribution in [3.8, 4) is 0 Å². The fourth-order valence-electron chi connectivity index (χ4n) is 1.17. The molecular weight excluding hydrogens is 208 g/mol. The van der Waals surface area contributed by atoms with E-state index in [1.807, 2.05) is 13.8 Å². The Labute approximate surface area is 93.8 Å². The van der Waals surface area contributed by atoms with Crippen molar-refractivity contribution in [3.63, 3.8) is 0 Å². The smallest absolute Gasteiger partial charge is 0.226 e. The molecule has 0 aliphatic carbocycles. The number of aromatic amines is 1. The van der Waals surface area contributed by atoms with Gasteiger partial charge in [-0.1, -0.05) is 13.8 Å². The van der Waals surface area contributed by atoms with Crippen LogP contribution < -0.4 is 5.32 Å². The van der Waals surface area contributed by atoms with Gasteiger partial charge < -0.3 is 0 Å². The van der Waals surface area contributed by atoms with Crippen molar-refractivity contribution in [1.29, 1.82) is 0 Å². The van der Waals surface area contributed by atoms with Crippen LogP contribution in [-0.4, -0.2) is 26.9 Å². The molecule has 1 aromatic rings. The molecule has 0 atom stereocenters. The van der Waals surface area contributed by atoms with E-state index in [1.54, 1.807) is 0 Å². The minimum atomic E-state index is -0.159. The normalized spacial score (nSPS) is 10.4. The average molecular weight is 224 g/mol. The Hall–Kier alpha value is -1.72. The minimum absolute atomic E-state index is 0.0392. The number of anilines is 1. The van der Waals surface area contributed by atoms with Gasteiger partial charge in [-0.2, -0.15) is 10.1 Å². The monoisotopic (exact) mass is 224 g/mol. The maximum absolute atomic E-state index is 11.4. The number of aromatic nitrogens is 3. The van der Waals surface area contributed by atoms with Crippen molar-refractivity contribution in [2.75, 3.05) is 5.32 Å². The highest BCUT2D eigenvalue weighted by atomic mass is 16.1. The molecule has 0 bridgehead atoms. The van der Waals surface area contributed by atoms with Crippen molar-refractivity contribution >= 4 is 17.6 Å². The highest BCUT2D eigenvalue weighted by molar-refractivity contribution is 5.89. The number of hydrogen-bond donors (Lipinski definition) is 2. The summed E-state index contributed by atoms with van der Waals surface area (Å²) in [5, 5.41) is 8.67. The molecular formula is C10H16N4O2. The first-order valence-corrected chi connectivity index (χ1v) is 5.27. The van der Waals surface area contributed by atoms with Crippen LogP contribution >= 0.6 is 0 Å². The maximum Gasteiger partial charge on any atom is 0.226 e. The first kappa shape index (κ1) is 12.4. The molecule has 16 heavy (non-hydrogen) atoms. The van der Waals surface area contributed by atoms with Crippen LogP contribution in [0.5, 0.6) is 0 Å². The molecule has 6 nitrogen and oxygen atoms in total. The molecule has 1 aromatic heterocycles. The molecule has 1 heterocycles. The van der Waals surface area contributed by atoms with Crippen LogP contribution in [0.3, 0.4) is 0 Å².